The van der Waals surface area contributed by atoms with Gasteiger partial charge in [-0.15, -0.1) is 0 Å². The minimum Gasteiger partial charge on any atom is -0.350 e. The van der Waals surface area contributed by atoms with E-state index in [9.17, 15) is 28.1 Å². The number of nitro benzene ring substituents is 1. The van der Waals surface area contributed by atoms with Gasteiger partial charge in [-0.2, -0.15) is 0 Å². The zero-order valence-corrected chi connectivity index (χ0v) is 22.5. The standard InChI is InChI=1S/C25H34N4O6S/c1-17-10-8-9-11-20(17)15-27(19(3)24(31)26-25(4,5)6)23(30)16-28(36(7,34)35)22-14-21(29(32)33)13-12-18(22)2/h8-14,19H,15-16H2,1-7H3,(H,26,31)/t19-/m1/s1. The number of nitrogens with zero attached hydrogens (tertiary/aromatic N) is 3. The highest BCUT2D eigenvalue weighted by Gasteiger charge is 2.32. The van der Waals surface area contributed by atoms with Crippen molar-refractivity contribution in [2.45, 2.75) is 59.7 Å². The largest absolute Gasteiger partial charge is 0.350 e. The zero-order valence-electron chi connectivity index (χ0n) is 21.7. The van der Waals surface area contributed by atoms with Gasteiger partial charge < -0.3 is 10.2 Å². The van der Waals surface area contributed by atoms with Crippen molar-refractivity contribution in [2.75, 3.05) is 17.1 Å². The van der Waals surface area contributed by atoms with Crippen molar-refractivity contribution in [3.8, 4) is 0 Å². The van der Waals surface area contributed by atoms with Crippen LogP contribution in [0.5, 0.6) is 0 Å². The molecule has 0 heterocycles. The van der Waals surface area contributed by atoms with Crippen LogP contribution in [-0.2, 0) is 26.2 Å². The highest BCUT2D eigenvalue weighted by molar-refractivity contribution is 7.92. The SMILES string of the molecule is Cc1ccccc1CN(C(=O)CN(c1cc([N+](=O)[O-])ccc1C)S(C)(=O)=O)[C@H](C)C(=O)NC(C)(C)C. The number of rotatable bonds is 9. The van der Waals surface area contributed by atoms with Crippen LogP contribution in [0.4, 0.5) is 11.4 Å². The molecule has 0 saturated heterocycles. The Balaban J connectivity index is 2.51. The molecule has 0 unspecified atom stereocenters. The molecule has 0 aliphatic heterocycles. The number of benzene rings is 2. The quantitative estimate of drug-likeness (QED) is 0.400. The monoisotopic (exact) mass is 518 g/mol. The van der Waals surface area contributed by atoms with Crippen LogP contribution in [0.3, 0.4) is 0 Å². The summed E-state index contributed by atoms with van der Waals surface area (Å²) in [5, 5.41) is 14.2. The number of nitro groups is 1. The highest BCUT2D eigenvalue weighted by Crippen LogP contribution is 2.28. The van der Waals surface area contributed by atoms with Crippen LogP contribution in [0.15, 0.2) is 42.5 Å². The van der Waals surface area contributed by atoms with Gasteiger partial charge in [0, 0.05) is 24.2 Å². The summed E-state index contributed by atoms with van der Waals surface area (Å²) in [5.41, 5.74) is 1.35. The fraction of sp³-hybridized carbons (Fsp3) is 0.440. The van der Waals surface area contributed by atoms with Crippen LogP contribution in [0.2, 0.25) is 0 Å². The van der Waals surface area contributed by atoms with Gasteiger partial charge >= 0.3 is 0 Å². The molecule has 0 aliphatic rings. The Morgan fingerprint density at radius 1 is 1.08 bits per heavy atom. The smallest absolute Gasteiger partial charge is 0.271 e. The average Bonchev–Trinajstić information content (AvgIpc) is 2.74. The Morgan fingerprint density at radius 2 is 1.69 bits per heavy atom. The van der Waals surface area contributed by atoms with Gasteiger partial charge in [-0.1, -0.05) is 30.3 Å². The van der Waals surface area contributed by atoms with Crippen molar-refractivity contribution >= 4 is 33.2 Å². The molecule has 10 nitrogen and oxygen atoms in total. The van der Waals surface area contributed by atoms with Crippen molar-refractivity contribution in [2.24, 2.45) is 0 Å². The second-order valence-electron chi connectivity index (χ2n) is 9.86. The van der Waals surface area contributed by atoms with Gasteiger partial charge in [-0.05, 0) is 58.2 Å². The maximum absolute atomic E-state index is 13.6. The summed E-state index contributed by atoms with van der Waals surface area (Å²) in [5.74, 6) is -1.01. The van der Waals surface area contributed by atoms with Crippen molar-refractivity contribution in [1.82, 2.24) is 10.2 Å². The average molecular weight is 519 g/mol. The van der Waals surface area contributed by atoms with E-state index in [1.807, 2.05) is 52.0 Å². The molecule has 1 N–H and O–H groups in total. The first-order valence-corrected chi connectivity index (χ1v) is 13.2. The number of hydrogen-bond donors (Lipinski definition) is 1. The summed E-state index contributed by atoms with van der Waals surface area (Å²) in [6.45, 7) is 9.99. The van der Waals surface area contributed by atoms with E-state index in [0.717, 1.165) is 27.8 Å². The molecule has 2 rings (SSSR count). The summed E-state index contributed by atoms with van der Waals surface area (Å²) >= 11 is 0. The highest BCUT2D eigenvalue weighted by atomic mass is 32.2. The molecule has 0 aliphatic carbocycles. The number of anilines is 1. The van der Waals surface area contributed by atoms with E-state index >= 15 is 0 Å². The summed E-state index contributed by atoms with van der Waals surface area (Å²) in [6.07, 6.45) is 0.931. The van der Waals surface area contributed by atoms with Gasteiger partial charge in [-0.25, -0.2) is 8.42 Å². The predicted octanol–water partition coefficient (Wildman–Crippen LogP) is 3.31. The van der Waals surface area contributed by atoms with E-state index in [2.05, 4.69) is 5.32 Å². The maximum Gasteiger partial charge on any atom is 0.271 e. The number of sulfonamides is 1. The first kappa shape index (κ1) is 28.8. The third-order valence-electron chi connectivity index (χ3n) is 5.62. The molecule has 0 radical (unpaired) electrons. The Bertz CT molecular complexity index is 1250. The fourth-order valence-corrected chi connectivity index (χ4v) is 4.50. The first-order chi connectivity index (χ1) is 16.5. The summed E-state index contributed by atoms with van der Waals surface area (Å²) in [6, 6.07) is 10.3. The van der Waals surface area contributed by atoms with Crippen LogP contribution in [0, 0.1) is 24.0 Å². The molecular weight excluding hydrogens is 484 g/mol. The lowest BCUT2D eigenvalue weighted by Gasteiger charge is -2.33. The molecule has 0 aromatic heterocycles. The Kier molecular flexibility index (Phi) is 8.84. The molecule has 1 atom stereocenters. The molecule has 0 saturated carbocycles. The molecule has 196 valence electrons. The molecule has 36 heavy (non-hydrogen) atoms. The van der Waals surface area contributed by atoms with Crippen LogP contribution < -0.4 is 9.62 Å². The van der Waals surface area contributed by atoms with Gasteiger partial charge in [0.1, 0.15) is 12.6 Å². The normalized spacial score (nSPS) is 12.5. The number of carbonyl (C=O) groups is 2. The number of hydrogen-bond acceptors (Lipinski definition) is 6. The molecule has 2 aromatic carbocycles. The third kappa shape index (κ3) is 7.51. The lowest BCUT2D eigenvalue weighted by Crippen LogP contribution is -2.54. The van der Waals surface area contributed by atoms with Crippen LogP contribution in [0.25, 0.3) is 0 Å². The van der Waals surface area contributed by atoms with E-state index < -0.39 is 39.0 Å². The molecule has 0 bridgehead atoms. The molecular formula is C25H34N4O6S. The number of nitrogens with one attached hydrogen (secondary N) is 1. The second-order valence-corrected chi connectivity index (χ2v) is 11.8. The second kappa shape index (κ2) is 11.1. The van der Waals surface area contributed by atoms with E-state index in [4.69, 9.17) is 0 Å². The van der Waals surface area contributed by atoms with E-state index in [-0.39, 0.29) is 23.8 Å². The van der Waals surface area contributed by atoms with Crippen molar-refractivity contribution < 1.29 is 22.9 Å². The zero-order chi connectivity index (χ0) is 27.4. The van der Waals surface area contributed by atoms with Crippen LogP contribution in [-0.4, -0.2) is 54.4 Å². The van der Waals surface area contributed by atoms with Gasteiger partial charge in [0.15, 0.2) is 0 Å². The Hall–Kier alpha value is -3.47. The van der Waals surface area contributed by atoms with Crippen molar-refractivity contribution in [3.63, 3.8) is 0 Å². The fourth-order valence-electron chi connectivity index (χ4n) is 3.60. The van der Waals surface area contributed by atoms with Gasteiger partial charge in [0.2, 0.25) is 21.8 Å². The predicted molar refractivity (Wildman–Crippen MR) is 139 cm³/mol. The Labute approximate surface area is 212 Å². The summed E-state index contributed by atoms with van der Waals surface area (Å²) in [4.78, 5) is 38.6. The molecule has 0 spiro atoms. The number of aryl methyl sites for hydroxylation is 2. The lowest BCUT2D eigenvalue weighted by atomic mass is 10.1. The topological polar surface area (TPSA) is 130 Å². The molecule has 2 amide bonds. The minimum absolute atomic E-state index is 0.0303. The third-order valence-corrected chi connectivity index (χ3v) is 6.75. The van der Waals surface area contributed by atoms with Gasteiger partial charge in [0.05, 0.1) is 16.9 Å². The van der Waals surface area contributed by atoms with Gasteiger partial charge in [0.25, 0.3) is 5.69 Å². The molecule has 11 heteroatoms. The number of amides is 2. The minimum atomic E-state index is -4.00. The summed E-state index contributed by atoms with van der Waals surface area (Å²) < 4.78 is 26.3. The van der Waals surface area contributed by atoms with Crippen molar-refractivity contribution in [3.05, 3.63) is 69.3 Å². The Morgan fingerprint density at radius 3 is 2.22 bits per heavy atom. The number of non-ortho nitro benzene ring substituents is 1. The summed E-state index contributed by atoms with van der Waals surface area (Å²) in [7, 11) is -4.00. The number of carbonyl (C=O) groups excluding carboxylic acids is 2. The van der Waals surface area contributed by atoms with E-state index in [1.54, 1.807) is 13.8 Å². The van der Waals surface area contributed by atoms with Crippen LogP contribution >= 0.6 is 0 Å². The van der Waals surface area contributed by atoms with Crippen LogP contribution in [0.1, 0.15) is 44.4 Å². The first-order valence-electron chi connectivity index (χ1n) is 11.4. The van der Waals surface area contributed by atoms with E-state index in [0.29, 0.717) is 5.56 Å². The molecule has 2 aromatic rings. The molecule has 0 fully saturated rings. The lowest BCUT2D eigenvalue weighted by molar-refractivity contribution is -0.384. The van der Waals surface area contributed by atoms with Crippen molar-refractivity contribution in [1.29, 1.82) is 0 Å². The maximum atomic E-state index is 13.6. The van der Waals surface area contributed by atoms with Gasteiger partial charge in [-0.3, -0.25) is 24.0 Å². The van der Waals surface area contributed by atoms with E-state index in [1.165, 1.54) is 17.0 Å².